The SMILES string of the molecule is COc1cccc2cc(C(=O)NC[C@](O)(c3ccsc3)c3cccs3)oc12. The molecule has 0 spiro atoms. The van der Waals surface area contributed by atoms with Crippen molar-refractivity contribution in [1.82, 2.24) is 5.32 Å². The van der Waals surface area contributed by atoms with E-state index in [1.807, 2.05) is 46.5 Å². The van der Waals surface area contributed by atoms with Gasteiger partial charge in [-0.3, -0.25) is 4.79 Å². The van der Waals surface area contributed by atoms with Gasteiger partial charge in [-0.1, -0.05) is 18.2 Å². The average Bonchev–Trinajstić information content (AvgIpc) is 3.45. The van der Waals surface area contributed by atoms with Gasteiger partial charge in [0.15, 0.2) is 17.1 Å². The zero-order valence-corrected chi connectivity index (χ0v) is 16.1. The van der Waals surface area contributed by atoms with Crippen LogP contribution < -0.4 is 10.1 Å². The number of hydrogen-bond donors (Lipinski definition) is 2. The van der Waals surface area contributed by atoms with Crippen molar-refractivity contribution in [1.29, 1.82) is 0 Å². The lowest BCUT2D eigenvalue weighted by Crippen LogP contribution is -2.40. The number of furan rings is 1. The van der Waals surface area contributed by atoms with Crippen LogP contribution in [0.25, 0.3) is 11.0 Å². The molecule has 5 nitrogen and oxygen atoms in total. The quantitative estimate of drug-likeness (QED) is 0.509. The molecule has 1 aromatic carbocycles. The smallest absolute Gasteiger partial charge is 0.287 e. The van der Waals surface area contributed by atoms with Crippen LogP contribution in [0.15, 0.2) is 63.0 Å². The molecule has 0 aliphatic carbocycles. The summed E-state index contributed by atoms with van der Waals surface area (Å²) in [5.74, 6) is 0.353. The number of benzene rings is 1. The second-order valence-corrected chi connectivity index (χ2v) is 7.75. The highest BCUT2D eigenvalue weighted by Gasteiger charge is 2.34. The van der Waals surface area contributed by atoms with Crippen molar-refractivity contribution in [2.75, 3.05) is 13.7 Å². The minimum Gasteiger partial charge on any atom is -0.493 e. The Morgan fingerprint density at radius 3 is 2.85 bits per heavy atom. The van der Waals surface area contributed by atoms with Crippen LogP contribution in [0.5, 0.6) is 5.75 Å². The number of aliphatic hydroxyl groups is 1. The number of thiophene rings is 2. The van der Waals surface area contributed by atoms with Gasteiger partial charge in [-0.2, -0.15) is 11.3 Å². The zero-order chi connectivity index (χ0) is 18.9. The van der Waals surface area contributed by atoms with Gasteiger partial charge in [0.2, 0.25) is 0 Å². The van der Waals surface area contributed by atoms with Crippen LogP contribution in [-0.2, 0) is 5.60 Å². The second kappa shape index (κ2) is 7.19. The lowest BCUT2D eigenvalue weighted by molar-refractivity contribution is 0.0707. The molecule has 0 radical (unpaired) electrons. The second-order valence-electron chi connectivity index (χ2n) is 6.02. The lowest BCUT2D eigenvalue weighted by atomic mass is 9.94. The normalized spacial score (nSPS) is 13.4. The summed E-state index contributed by atoms with van der Waals surface area (Å²) in [6, 6.07) is 12.7. The summed E-state index contributed by atoms with van der Waals surface area (Å²) < 4.78 is 11.0. The van der Waals surface area contributed by atoms with E-state index in [1.54, 1.807) is 19.2 Å². The van der Waals surface area contributed by atoms with Crippen molar-refractivity contribution in [2.24, 2.45) is 0 Å². The molecule has 0 saturated carbocycles. The number of amides is 1. The first-order valence-corrected chi connectivity index (χ1v) is 10.1. The molecule has 27 heavy (non-hydrogen) atoms. The van der Waals surface area contributed by atoms with Gasteiger partial charge < -0.3 is 19.6 Å². The Kier molecular flexibility index (Phi) is 4.73. The summed E-state index contributed by atoms with van der Waals surface area (Å²) in [6.07, 6.45) is 0. The van der Waals surface area contributed by atoms with E-state index in [0.29, 0.717) is 11.3 Å². The third-order valence-electron chi connectivity index (χ3n) is 4.38. The molecule has 4 aromatic rings. The number of methoxy groups -OCH3 is 1. The van der Waals surface area contributed by atoms with Crippen molar-refractivity contribution in [2.45, 2.75) is 5.60 Å². The van der Waals surface area contributed by atoms with Crippen LogP contribution in [0.2, 0.25) is 0 Å². The molecule has 1 atom stereocenters. The van der Waals surface area contributed by atoms with Gasteiger partial charge in [0.1, 0.15) is 5.60 Å². The van der Waals surface area contributed by atoms with Crippen molar-refractivity contribution < 1.29 is 19.1 Å². The first kappa shape index (κ1) is 17.8. The molecule has 0 unspecified atom stereocenters. The van der Waals surface area contributed by atoms with E-state index >= 15 is 0 Å². The molecule has 0 aliphatic rings. The molecule has 0 fully saturated rings. The number of para-hydroxylation sites is 1. The predicted octanol–water partition coefficient (Wildman–Crippen LogP) is 4.23. The van der Waals surface area contributed by atoms with Crippen LogP contribution in [-0.4, -0.2) is 24.7 Å². The largest absolute Gasteiger partial charge is 0.493 e. The van der Waals surface area contributed by atoms with Crippen molar-refractivity contribution in [3.63, 3.8) is 0 Å². The molecule has 4 rings (SSSR count). The fraction of sp³-hybridized carbons (Fsp3) is 0.150. The number of nitrogens with one attached hydrogen (secondary N) is 1. The minimum absolute atomic E-state index is 0.0389. The fourth-order valence-electron chi connectivity index (χ4n) is 2.95. The summed E-state index contributed by atoms with van der Waals surface area (Å²) in [5.41, 5.74) is -0.00824. The number of ether oxygens (including phenoxy) is 1. The van der Waals surface area contributed by atoms with Crippen LogP contribution in [0.3, 0.4) is 0 Å². The molecule has 0 aliphatic heterocycles. The van der Waals surface area contributed by atoms with Crippen molar-refractivity contribution >= 4 is 39.5 Å². The van der Waals surface area contributed by atoms with Gasteiger partial charge in [0.25, 0.3) is 5.91 Å². The van der Waals surface area contributed by atoms with Crippen molar-refractivity contribution in [3.05, 3.63) is 74.8 Å². The molecule has 2 N–H and O–H groups in total. The molecule has 3 heterocycles. The lowest BCUT2D eigenvalue weighted by Gasteiger charge is -2.26. The Bertz CT molecular complexity index is 1020. The fourth-order valence-corrected chi connectivity index (χ4v) is 4.52. The molecular formula is C20H17NO4S2. The van der Waals surface area contributed by atoms with E-state index in [2.05, 4.69) is 5.32 Å². The van der Waals surface area contributed by atoms with Crippen LogP contribution in [0, 0.1) is 0 Å². The number of rotatable bonds is 6. The van der Waals surface area contributed by atoms with Gasteiger partial charge in [-0.25, -0.2) is 0 Å². The van der Waals surface area contributed by atoms with Crippen LogP contribution in [0.4, 0.5) is 0 Å². The Balaban J connectivity index is 1.59. The maximum absolute atomic E-state index is 12.6. The summed E-state index contributed by atoms with van der Waals surface area (Å²) in [5, 5.41) is 20.6. The highest BCUT2D eigenvalue weighted by Crippen LogP contribution is 2.34. The van der Waals surface area contributed by atoms with Crippen LogP contribution in [0.1, 0.15) is 21.0 Å². The molecule has 0 bridgehead atoms. The van der Waals surface area contributed by atoms with E-state index in [0.717, 1.165) is 15.8 Å². The van der Waals surface area contributed by atoms with Gasteiger partial charge in [-0.05, 0) is 40.4 Å². The number of carbonyl (C=O) groups is 1. The van der Waals surface area contributed by atoms with E-state index in [9.17, 15) is 9.90 Å². The standard InChI is InChI=1S/C20H17NO4S2/c1-24-15-5-2-4-13-10-16(25-18(13)15)19(22)21-12-20(23,14-7-9-26-11-14)17-6-3-8-27-17/h2-11,23H,12H2,1H3,(H,21,22)/t20-/m0/s1. The monoisotopic (exact) mass is 399 g/mol. The Morgan fingerprint density at radius 2 is 2.15 bits per heavy atom. The molecule has 1 amide bonds. The first-order valence-electron chi connectivity index (χ1n) is 8.25. The van der Waals surface area contributed by atoms with Crippen molar-refractivity contribution in [3.8, 4) is 5.75 Å². The first-order chi connectivity index (χ1) is 13.1. The van der Waals surface area contributed by atoms with E-state index < -0.39 is 11.5 Å². The van der Waals surface area contributed by atoms with E-state index in [1.165, 1.54) is 22.7 Å². The highest BCUT2D eigenvalue weighted by atomic mass is 32.1. The summed E-state index contributed by atoms with van der Waals surface area (Å²) in [4.78, 5) is 13.4. The van der Waals surface area contributed by atoms with E-state index in [4.69, 9.17) is 9.15 Å². The number of hydrogen-bond acceptors (Lipinski definition) is 6. The minimum atomic E-state index is -1.28. The molecule has 138 valence electrons. The molecule has 7 heteroatoms. The maximum Gasteiger partial charge on any atom is 0.287 e. The summed E-state index contributed by atoms with van der Waals surface area (Å²) >= 11 is 2.95. The summed E-state index contributed by atoms with van der Waals surface area (Å²) in [6.45, 7) is 0.0389. The zero-order valence-electron chi connectivity index (χ0n) is 14.5. The number of carbonyl (C=O) groups excluding carboxylic acids is 1. The Hall–Kier alpha value is -2.61. The van der Waals surface area contributed by atoms with E-state index in [-0.39, 0.29) is 12.3 Å². The third-order valence-corrected chi connectivity index (χ3v) is 6.09. The third kappa shape index (κ3) is 3.25. The molecule has 3 aromatic heterocycles. The van der Waals surface area contributed by atoms with Gasteiger partial charge in [0, 0.05) is 15.8 Å². The van der Waals surface area contributed by atoms with Gasteiger partial charge in [0.05, 0.1) is 13.7 Å². The highest BCUT2D eigenvalue weighted by molar-refractivity contribution is 7.10. The average molecular weight is 399 g/mol. The van der Waals surface area contributed by atoms with Crippen LogP contribution >= 0.6 is 22.7 Å². The topological polar surface area (TPSA) is 71.7 Å². The molecule has 0 saturated heterocycles. The predicted molar refractivity (Wildman–Crippen MR) is 107 cm³/mol. The molecular weight excluding hydrogens is 382 g/mol. The Morgan fingerprint density at radius 1 is 1.26 bits per heavy atom. The Labute approximate surface area is 163 Å². The summed E-state index contributed by atoms with van der Waals surface area (Å²) in [7, 11) is 1.55. The van der Waals surface area contributed by atoms with Gasteiger partial charge >= 0.3 is 0 Å². The number of fused-ring (bicyclic) bond motifs is 1. The maximum atomic E-state index is 12.6. The van der Waals surface area contributed by atoms with Gasteiger partial charge in [-0.15, -0.1) is 11.3 Å².